The summed E-state index contributed by atoms with van der Waals surface area (Å²) in [5.41, 5.74) is -0.492. The molecule has 2 aromatic carbocycles. The van der Waals surface area contributed by atoms with Gasteiger partial charge in [-0.05, 0) is 18.2 Å². The predicted molar refractivity (Wildman–Crippen MR) is 81.3 cm³/mol. The Hall–Kier alpha value is -2.80. The molecule has 0 saturated carbocycles. The molecule has 0 fully saturated rings. The Bertz CT molecular complexity index is 748. The van der Waals surface area contributed by atoms with Crippen molar-refractivity contribution in [1.29, 1.82) is 0 Å². The minimum absolute atomic E-state index is 0.0940. The van der Waals surface area contributed by atoms with Gasteiger partial charge in [0.1, 0.15) is 17.0 Å². The van der Waals surface area contributed by atoms with Gasteiger partial charge in [0, 0.05) is 17.8 Å². The lowest BCUT2D eigenvalue weighted by Gasteiger charge is -2.12. The maximum atomic E-state index is 11.4. The van der Waals surface area contributed by atoms with Gasteiger partial charge in [0.2, 0.25) is 0 Å². The Balaban J connectivity index is 2.58. The van der Waals surface area contributed by atoms with Crippen LogP contribution in [-0.2, 0) is 0 Å². The number of methoxy groups -OCH3 is 1. The van der Waals surface area contributed by atoms with E-state index in [9.17, 15) is 20.0 Å². The summed E-state index contributed by atoms with van der Waals surface area (Å²) in [4.78, 5) is 21.8. The minimum Gasteiger partial charge on any atom is -0.497 e. The average molecular weight is 323 g/mol. The monoisotopic (exact) mass is 322 g/mol. The summed E-state index contributed by atoms with van der Waals surface area (Å²) < 4.78 is 5.06. The first-order valence-corrected chi connectivity index (χ1v) is 6.43. The number of anilines is 2. The maximum absolute atomic E-state index is 11.4. The number of hydrogen-bond donors (Lipinski definition) is 2. The van der Waals surface area contributed by atoms with Gasteiger partial charge in [-0.15, -0.1) is 0 Å². The van der Waals surface area contributed by atoms with E-state index in [1.165, 1.54) is 13.2 Å². The van der Waals surface area contributed by atoms with Crippen molar-refractivity contribution in [3.8, 4) is 5.75 Å². The lowest BCUT2D eigenvalue weighted by molar-refractivity contribution is -0.383. The van der Waals surface area contributed by atoms with E-state index in [1.807, 2.05) is 0 Å². The minimum atomic E-state index is -1.36. The van der Waals surface area contributed by atoms with Crippen molar-refractivity contribution in [3.63, 3.8) is 0 Å². The van der Waals surface area contributed by atoms with Gasteiger partial charge < -0.3 is 15.2 Å². The summed E-state index contributed by atoms with van der Waals surface area (Å²) in [5.74, 6) is -0.842. The second kappa shape index (κ2) is 6.31. The molecule has 0 unspecified atom stereocenters. The highest BCUT2D eigenvalue weighted by Gasteiger charge is 2.25. The Labute approximate surface area is 130 Å². The quantitative estimate of drug-likeness (QED) is 0.643. The van der Waals surface area contributed by atoms with Gasteiger partial charge >= 0.3 is 5.97 Å². The molecular formula is C14H11ClN2O5. The molecular weight excluding hydrogens is 312 g/mol. The summed E-state index contributed by atoms with van der Waals surface area (Å²) in [6.07, 6.45) is 0. The van der Waals surface area contributed by atoms with Crippen molar-refractivity contribution >= 4 is 34.6 Å². The zero-order chi connectivity index (χ0) is 16.3. The number of rotatable bonds is 5. The predicted octanol–water partition coefficient (Wildman–Crippen LogP) is 3.70. The van der Waals surface area contributed by atoms with Crippen molar-refractivity contribution in [2.24, 2.45) is 0 Å². The average Bonchev–Trinajstić information content (AvgIpc) is 2.46. The second-order valence-corrected chi connectivity index (χ2v) is 4.64. The van der Waals surface area contributed by atoms with E-state index < -0.39 is 10.9 Å². The van der Waals surface area contributed by atoms with Crippen LogP contribution in [0.1, 0.15) is 10.4 Å². The largest absolute Gasteiger partial charge is 0.497 e. The number of nitrogens with one attached hydrogen (secondary N) is 1. The Morgan fingerprint density at radius 1 is 1.36 bits per heavy atom. The van der Waals surface area contributed by atoms with Crippen LogP contribution in [0.5, 0.6) is 5.75 Å². The van der Waals surface area contributed by atoms with E-state index in [0.29, 0.717) is 11.4 Å². The van der Waals surface area contributed by atoms with Gasteiger partial charge in [-0.3, -0.25) is 10.1 Å². The van der Waals surface area contributed by atoms with Crippen LogP contribution >= 0.6 is 11.6 Å². The number of halogens is 1. The highest BCUT2D eigenvalue weighted by molar-refractivity contribution is 6.34. The van der Waals surface area contributed by atoms with E-state index in [0.717, 1.165) is 6.07 Å². The van der Waals surface area contributed by atoms with Crippen molar-refractivity contribution in [1.82, 2.24) is 0 Å². The fraction of sp³-hybridized carbons (Fsp3) is 0.0714. The zero-order valence-corrected chi connectivity index (χ0v) is 12.1. The van der Waals surface area contributed by atoms with Crippen LogP contribution in [0, 0.1) is 10.1 Å². The normalized spacial score (nSPS) is 10.1. The van der Waals surface area contributed by atoms with Crippen molar-refractivity contribution < 1.29 is 19.6 Å². The highest BCUT2D eigenvalue weighted by atomic mass is 35.5. The van der Waals surface area contributed by atoms with Gasteiger partial charge in [-0.2, -0.15) is 0 Å². The summed E-state index contributed by atoms with van der Waals surface area (Å²) in [5, 5.41) is 23.0. The van der Waals surface area contributed by atoms with E-state index in [-0.39, 0.29) is 22.0 Å². The van der Waals surface area contributed by atoms with Crippen LogP contribution < -0.4 is 10.1 Å². The van der Waals surface area contributed by atoms with Crippen LogP contribution in [0.15, 0.2) is 36.4 Å². The van der Waals surface area contributed by atoms with Gasteiger partial charge in [0.25, 0.3) is 5.69 Å². The molecule has 0 aromatic heterocycles. The SMILES string of the molecule is COc1cccc(Nc2c([N+](=O)[O-])ccc(Cl)c2C(=O)O)c1. The third-order valence-electron chi connectivity index (χ3n) is 2.88. The molecule has 0 amide bonds. The van der Waals surface area contributed by atoms with Crippen LogP contribution in [0.4, 0.5) is 17.1 Å². The molecule has 2 rings (SSSR count). The van der Waals surface area contributed by atoms with Crippen molar-refractivity contribution in [2.45, 2.75) is 0 Å². The Morgan fingerprint density at radius 3 is 2.68 bits per heavy atom. The number of nitro groups is 1. The Kier molecular flexibility index (Phi) is 4.47. The first-order chi connectivity index (χ1) is 10.4. The van der Waals surface area contributed by atoms with Crippen molar-refractivity contribution in [3.05, 3.63) is 57.1 Å². The lowest BCUT2D eigenvalue weighted by atomic mass is 10.1. The topological polar surface area (TPSA) is 102 Å². The lowest BCUT2D eigenvalue weighted by Crippen LogP contribution is -2.07. The summed E-state index contributed by atoms with van der Waals surface area (Å²) >= 11 is 5.86. The van der Waals surface area contributed by atoms with Gasteiger partial charge in [-0.1, -0.05) is 17.7 Å². The summed E-state index contributed by atoms with van der Waals surface area (Å²) in [6, 6.07) is 8.89. The Morgan fingerprint density at radius 2 is 2.09 bits per heavy atom. The molecule has 0 spiro atoms. The number of carbonyl (C=O) groups is 1. The summed E-state index contributed by atoms with van der Waals surface area (Å²) in [7, 11) is 1.48. The standard InChI is InChI=1S/C14H11ClN2O5/c1-22-9-4-2-3-8(7-9)16-13-11(17(20)21)6-5-10(15)12(13)14(18)19/h2-7,16H,1H3,(H,18,19). The fourth-order valence-corrected chi connectivity index (χ4v) is 2.14. The molecule has 114 valence electrons. The number of carboxylic acids is 1. The smallest absolute Gasteiger partial charge is 0.339 e. The third kappa shape index (κ3) is 3.09. The number of nitro benzene ring substituents is 1. The molecule has 0 heterocycles. The van der Waals surface area contributed by atoms with E-state index >= 15 is 0 Å². The maximum Gasteiger partial charge on any atom is 0.339 e. The molecule has 2 N–H and O–H groups in total. The molecule has 0 saturated heterocycles. The highest BCUT2D eigenvalue weighted by Crippen LogP contribution is 2.36. The number of hydrogen-bond acceptors (Lipinski definition) is 5. The molecule has 22 heavy (non-hydrogen) atoms. The van der Waals surface area contributed by atoms with Crippen LogP contribution in [0.3, 0.4) is 0 Å². The van der Waals surface area contributed by atoms with Gasteiger partial charge in [-0.25, -0.2) is 4.79 Å². The first kappa shape index (κ1) is 15.6. The molecule has 7 nitrogen and oxygen atoms in total. The van der Waals surface area contributed by atoms with E-state index in [4.69, 9.17) is 16.3 Å². The second-order valence-electron chi connectivity index (χ2n) is 4.24. The molecule has 0 aliphatic heterocycles. The van der Waals surface area contributed by atoms with Crippen LogP contribution in [-0.4, -0.2) is 23.1 Å². The molecule has 0 radical (unpaired) electrons. The fourth-order valence-electron chi connectivity index (χ4n) is 1.90. The summed E-state index contributed by atoms with van der Waals surface area (Å²) in [6.45, 7) is 0. The van der Waals surface area contributed by atoms with Gasteiger partial charge in [0.15, 0.2) is 0 Å². The zero-order valence-electron chi connectivity index (χ0n) is 11.4. The molecule has 0 atom stereocenters. The molecule has 8 heteroatoms. The molecule has 0 aliphatic rings. The van der Waals surface area contributed by atoms with Crippen LogP contribution in [0.25, 0.3) is 0 Å². The van der Waals surface area contributed by atoms with Crippen LogP contribution in [0.2, 0.25) is 5.02 Å². The molecule has 0 aliphatic carbocycles. The number of benzene rings is 2. The third-order valence-corrected chi connectivity index (χ3v) is 3.20. The van der Waals surface area contributed by atoms with Gasteiger partial charge in [0.05, 0.1) is 17.1 Å². The number of ether oxygens (including phenoxy) is 1. The number of aromatic carboxylic acids is 1. The van der Waals surface area contributed by atoms with E-state index in [2.05, 4.69) is 5.32 Å². The number of nitrogens with zero attached hydrogens (tertiary/aromatic N) is 1. The van der Waals surface area contributed by atoms with E-state index in [1.54, 1.807) is 24.3 Å². The number of carboxylic acid groups (broad SMARTS) is 1. The first-order valence-electron chi connectivity index (χ1n) is 6.05. The molecule has 0 bridgehead atoms. The molecule has 2 aromatic rings. The van der Waals surface area contributed by atoms with Crippen molar-refractivity contribution in [2.75, 3.05) is 12.4 Å².